The molecule has 3 N–H and O–H groups in total. The van der Waals surface area contributed by atoms with Crippen LogP contribution in [-0.4, -0.2) is 56.4 Å². The number of carbonyl (C=O) groups is 3. The first-order valence-corrected chi connectivity index (χ1v) is 14.3. The Hall–Kier alpha value is -2.22. The monoisotopic (exact) mass is 525 g/mol. The van der Waals surface area contributed by atoms with Gasteiger partial charge in [-0.15, -0.1) is 0 Å². The Labute approximate surface area is 224 Å². The third-order valence-electron chi connectivity index (χ3n) is 8.93. The molecule has 1 saturated heterocycles. The number of aliphatic hydroxyl groups excluding tert-OH is 1. The van der Waals surface area contributed by atoms with E-state index in [1.165, 1.54) is 18.7 Å². The van der Waals surface area contributed by atoms with E-state index in [4.69, 9.17) is 0 Å². The standard InChI is InChI=1S/C30H39NO5S/c1-6-37-24-16-23(32)30-21(14-10-11-17(2)27(34)29(24,5)36)26(33)19(4)18(3)25(30)22(31-28(30)35)15-20-12-8-7-9-13-20/h7-10,12-14,17-18,21-22,24-26,33,36H,4,6,11,15-16H2,1-3,5H3,(H,31,35)/b14-10+/t17-,18+,21-,22-,24?,25-,26+,29+,30?/m0/s1. The van der Waals surface area contributed by atoms with Gasteiger partial charge in [-0.2, -0.15) is 11.8 Å². The summed E-state index contributed by atoms with van der Waals surface area (Å²) in [5.74, 6) is -2.41. The van der Waals surface area contributed by atoms with E-state index in [1.807, 2.05) is 44.2 Å². The van der Waals surface area contributed by atoms with Crippen LogP contribution in [0.5, 0.6) is 0 Å². The van der Waals surface area contributed by atoms with Crippen LogP contribution in [0.3, 0.4) is 0 Å². The van der Waals surface area contributed by atoms with Gasteiger partial charge in [0.1, 0.15) is 11.0 Å². The van der Waals surface area contributed by atoms with Crippen LogP contribution < -0.4 is 5.32 Å². The molecule has 6 nitrogen and oxygen atoms in total. The van der Waals surface area contributed by atoms with Crippen molar-refractivity contribution in [3.8, 4) is 0 Å². The summed E-state index contributed by atoms with van der Waals surface area (Å²) in [6, 6.07) is 9.52. The first-order valence-electron chi connectivity index (χ1n) is 13.3. The Balaban J connectivity index is 1.88. The van der Waals surface area contributed by atoms with Gasteiger partial charge in [0.25, 0.3) is 0 Å². The van der Waals surface area contributed by atoms with Gasteiger partial charge >= 0.3 is 0 Å². The van der Waals surface area contributed by atoms with Gasteiger partial charge in [0, 0.05) is 35.5 Å². The van der Waals surface area contributed by atoms with E-state index in [-0.39, 0.29) is 35.9 Å². The predicted octanol–water partition coefficient (Wildman–Crippen LogP) is 3.51. The van der Waals surface area contributed by atoms with Crippen molar-refractivity contribution in [1.29, 1.82) is 0 Å². The van der Waals surface area contributed by atoms with Gasteiger partial charge in [-0.1, -0.05) is 69.8 Å². The number of hydrogen-bond acceptors (Lipinski definition) is 6. The molecule has 1 spiro atoms. The summed E-state index contributed by atoms with van der Waals surface area (Å²) in [4.78, 5) is 41.8. The first-order chi connectivity index (χ1) is 17.5. The van der Waals surface area contributed by atoms with Crippen molar-refractivity contribution in [2.24, 2.45) is 29.1 Å². The Morgan fingerprint density at radius 2 is 1.84 bits per heavy atom. The largest absolute Gasteiger partial charge is 0.388 e. The zero-order valence-electron chi connectivity index (χ0n) is 22.1. The Morgan fingerprint density at radius 1 is 1.16 bits per heavy atom. The lowest BCUT2D eigenvalue weighted by Gasteiger charge is -2.49. The summed E-state index contributed by atoms with van der Waals surface area (Å²) in [7, 11) is 0. The van der Waals surface area contributed by atoms with E-state index in [9.17, 15) is 24.6 Å². The lowest BCUT2D eigenvalue weighted by Crippen LogP contribution is -2.59. The second kappa shape index (κ2) is 10.5. The van der Waals surface area contributed by atoms with Crippen LogP contribution in [0.15, 0.2) is 54.6 Å². The number of benzene rings is 1. The summed E-state index contributed by atoms with van der Waals surface area (Å²) >= 11 is 1.37. The Bertz CT molecular complexity index is 1100. The minimum Gasteiger partial charge on any atom is -0.388 e. The van der Waals surface area contributed by atoms with E-state index >= 15 is 0 Å². The molecule has 3 aliphatic rings. The van der Waals surface area contributed by atoms with E-state index in [0.717, 1.165) is 5.56 Å². The molecule has 0 radical (unpaired) electrons. The fourth-order valence-electron chi connectivity index (χ4n) is 6.90. The number of nitrogens with one attached hydrogen (secondary N) is 1. The minimum atomic E-state index is -1.73. The van der Waals surface area contributed by atoms with Gasteiger partial charge < -0.3 is 15.5 Å². The summed E-state index contributed by atoms with van der Waals surface area (Å²) < 4.78 is 0. The second-order valence-corrected chi connectivity index (χ2v) is 12.6. The molecule has 2 fully saturated rings. The van der Waals surface area contributed by atoms with Crippen LogP contribution in [-0.2, 0) is 20.8 Å². The second-order valence-electron chi connectivity index (χ2n) is 11.1. The van der Waals surface area contributed by atoms with Crippen LogP contribution in [0.1, 0.15) is 46.1 Å². The quantitative estimate of drug-likeness (QED) is 0.411. The number of Topliss-reactive ketones (excluding diaryl/α,β-unsaturated/α-hetero) is 2. The maximum Gasteiger partial charge on any atom is 0.235 e. The molecule has 0 bridgehead atoms. The van der Waals surface area contributed by atoms with Crippen molar-refractivity contribution in [3.05, 3.63) is 60.2 Å². The molecule has 1 aromatic carbocycles. The summed E-state index contributed by atoms with van der Waals surface area (Å²) in [5, 5.41) is 25.3. The van der Waals surface area contributed by atoms with E-state index in [2.05, 4.69) is 11.9 Å². The van der Waals surface area contributed by atoms with Crippen molar-refractivity contribution in [2.75, 3.05) is 5.75 Å². The Kier molecular flexibility index (Phi) is 7.89. The van der Waals surface area contributed by atoms with Crippen LogP contribution >= 0.6 is 11.8 Å². The number of hydrogen-bond donors (Lipinski definition) is 3. The average Bonchev–Trinajstić information content (AvgIpc) is 3.15. The Morgan fingerprint density at radius 3 is 2.49 bits per heavy atom. The number of allylic oxidation sites excluding steroid dienone is 1. The molecule has 1 aromatic rings. The molecule has 2 aliphatic carbocycles. The highest BCUT2D eigenvalue weighted by molar-refractivity contribution is 8.00. The summed E-state index contributed by atoms with van der Waals surface area (Å²) in [6.45, 7) is 11.3. The first kappa shape index (κ1) is 27.8. The lowest BCUT2D eigenvalue weighted by molar-refractivity contribution is -0.152. The summed E-state index contributed by atoms with van der Waals surface area (Å²) in [6.07, 6.45) is 3.22. The van der Waals surface area contributed by atoms with Crippen LogP contribution in [0.4, 0.5) is 0 Å². The van der Waals surface area contributed by atoms with Crippen molar-refractivity contribution in [1.82, 2.24) is 5.32 Å². The number of rotatable bonds is 4. The topological polar surface area (TPSA) is 104 Å². The highest BCUT2D eigenvalue weighted by Gasteiger charge is 2.68. The van der Waals surface area contributed by atoms with Crippen molar-refractivity contribution >= 4 is 29.2 Å². The van der Waals surface area contributed by atoms with Gasteiger partial charge in [-0.05, 0) is 42.6 Å². The third kappa shape index (κ3) is 4.53. The van der Waals surface area contributed by atoms with Gasteiger partial charge in [-0.3, -0.25) is 14.4 Å². The molecule has 7 heteroatoms. The molecule has 200 valence electrons. The molecule has 4 rings (SSSR count). The van der Waals surface area contributed by atoms with Crippen LogP contribution in [0, 0.1) is 29.1 Å². The highest BCUT2D eigenvalue weighted by atomic mass is 32.2. The number of ketones is 2. The fourth-order valence-corrected chi connectivity index (χ4v) is 8.01. The average molecular weight is 526 g/mol. The van der Waals surface area contributed by atoms with E-state index in [1.54, 1.807) is 19.1 Å². The van der Waals surface area contributed by atoms with Gasteiger partial charge in [0.05, 0.1) is 6.10 Å². The molecule has 37 heavy (non-hydrogen) atoms. The number of aliphatic hydroxyl groups is 2. The molecule has 1 saturated carbocycles. The maximum absolute atomic E-state index is 14.5. The molecule has 0 aromatic heterocycles. The van der Waals surface area contributed by atoms with Crippen molar-refractivity contribution in [3.63, 3.8) is 0 Å². The van der Waals surface area contributed by atoms with Gasteiger partial charge in [0.2, 0.25) is 5.91 Å². The molecule has 9 atom stereocenters. The minimum absolute atomic E-state index is 0.137. The normalized spacial score (nSPS) is 41.4. The number of carbonyl (C=O) groups excluding carboxylic acids is 3. The number of amides is 1. The molecule has 2 unspecified atom stereocenters. The van der Waals surface area contributed by atoms with E-state index < -0.39 is 40.1 Å². The molecule has 1 aliphatic heterocycles. The van der Waals surface area contributed by atoms with Gasteiger partial charge in [0.15, 0.2) is 11.6 Å². The maximum atomic E-state index is 14.5. The van der Waals surface area contributed by atoms with Crippen molar-refractivity contribution in [2.45, 2.75) is 70.0 Å². The number of thioether (sulfide) groups is 1. The molecular weight excluding hydrogens is 486 g/mol. The van der Waals surface area contributed by atoms with E-state index in [0.29, 0.717) is 24.2 Å². The van der Waals surface area contributed by atoms with Crippen LogP contribution in [0.25, 0.3) is 0 Å². The fraction of sp³-hybridized carbons (Fsp3) is 0.567. The predicted molar refractivity (Wildman–Crippen MR) is 146 cm³/mol. The van der Waals surface area contributed by atoms with Crippen molar-refractivity contribution < 1.29 is 24.6 Å². The molecular formula is C30H39NO5S. The summed E-state index contributed by atoms with van der Waals surface area (Å²) in [5.41, 5.74) is -1.58. The zero-order chi connectivity index (χ0) is 27.1. The molecule has 1 heterocycles. The highest BCUT2D eigenvalue weighted by Crippen LogP contribution is 2.57. The SMILES string of the molecule is C=C1[C@@H](C)[C@H]2[C@H](Cc3ccccc3)NC(=O)C23C(=O)CC(SCC)[C@@](C)(O)C(=O)[C@@H](C)C/C=C/[C@H]3[C@@H]1O. The lowest BCUT2D eigenvalue weighted by atomic mass is 9.51. The third-order valence-corrected chi connectivity index (χ3v) is 10.3. The zero-order valence-corrected chi connectivity index (χ0v) is 23.0. The molecule has 1 amide bonds. The smallest absolute Gasteiger partial charge is 0.235 e. The van der Waals surface area contributed by atoms with Gasteiger partial charge in [-0.25, -0.2) is 0 Å². The van der Waals surface area contributed by atoms with Crippen LogP contribution in [0.2, 0.25) is 0 Å².